The van der Waals surface area contributed by atoms with Crippen molar-refractivity contribution in [1.82, 2.24) is 10.3 Å². The van der Waals surface area contributed by atoms with Gasteiger partial charge in [0.2, 0.25) is 5.91 Å². The van der Waals surface area contributed by atoms with Crippen LogP contribution in [-0.2, 0) is 14.8 Å². The molecule has 0 aliphatic heterocycles. The smallest absolute Gasteiger partial charge is 0.257 e. The second-order valence-corrected chi connectivity index (χ2v) is 10.7. The highest BCUT2D eigenvalue weighted by Gasteiger charge is 2.54. The van der Waals surface area contributed by atoms with Crippen molar-refractivity contribution in [2.45, 2.75) is 63.2 Å². The number of hydrogen-bond donors (Lipinski definition) is 2. The molecule has 2 N–H and O–H groups in total. The van der Waals surface area contributed by atoms with Gasteiger partial charge in [0, 0.05) is 0 Å². The van der Waals surface area contributed by atoms with Crippen molar-refractivity contribution >= 4 is 15.9 Å². The predicted octanol–water partition coefficient (Wildman–Crippen LogP) is 3.34. The van der Waals surface area contributed by atoms with Crippen LogP contribution in [0.1, 0.15) is 63.9 Å². The van der Waals surface area contributed by atoms with Gasteiger partial charge in [-0.15, -0.1) is 4.83 Å². The van der Waals surface area contributed by atoms with Crippen molar-refractivity contribution in [3.05, 3.63) is 29.8 Å². The highest BCUT2D eigenvalue weighted by Crippen LogP contribution is 2.60. The van der Waals surface area contributed by atoms with Gasteiger partial charge in [0.05, 0.1) is 10.3 Å². The lowest BCUT2D eigenvalue weighted by molar-refractivity contribution is -0.146. The molecule has 1 aromatic carbocycles. The molecule has 0 atom stereocenters. The van der Waals surface area contributed by atoms with E-state index in [0.29, 0.717) is 23.7 Å². The van der Waals surface area contributed by atoms with Crippen LogP contribution in [0, 0.1) is 23.2 Å². The summed E-state index contributed by atoms with van der Waals surface area (Å²) < 4.78 is 25.0. The van der Waals surface area contributed by atoms with Crippen LogP contribution in [0.4, 0.5) is 0 Å². The summed E-state index contributed by atoms with van der Waals surface area (Å²) in [5.41, 5.74) is 3.26. The molecular weight excluding hydrogens is 348 g/mol. The molecule has 6 heteroatoms. The summed E-state index contributed by atoms with van der Waals surface area (Å²) in [6.45, 7) is 4.13. The third kappa shape index (κ3) is 3.18. The Morgan fingerprint density at radius 1 is 1.00 bits per heavy atom. The first-order chi connectivity index (χ1) is 12.3. The number of amides is 1. The third-order valence-corrected chi connectivity index (χ3v) is 7.94. The largest absolute Gasteiger partial charge is 0.277 e. The van der Waals surface area contributed by atoms with E-state index in [4.69, 9.17) is 0 Å². The fourth-order valence-corrected chi connectivity index (χ4v) is 6.56. The number of carbonyl (C=O) groups is 1. The molecule has 0 spiro atoms. The summed E-state index contributed by atoms with van der Waals surface area (Å²) in [5.74, 6) is 2.14. The second-order valence-electron chi connectivity index (χ2n) is 8.98. The van der Waals surface area contributed by atoms with E-state index in [0.717, 1.165) is 24.8 Å². The minimum atomic E-state index is -3.75. The second kappa shape index (κ2) is 6.34. The molecule has 4 fully saturated rings. The summed E-state index contributed by atoms with van der Waals surface area (Å²) in [5, 5.41) is 0. The number of hydrazine groups is 1. The lowest BCUT2D eigenvalue weighted by Gasteiger charge is -2.55. The zero-order valence-electron chi connectivity index (χ0n) is 15.5. The molecule has 4 bridgehead atoms. The number of carbonyl (C=O) groups excluding carboxylic acids is 1. The van der Waals surface area contributed by atoms with Crippen molar-refractivity contribution in [3.8, 4) is 0 Å². The van der Waals surface area contributed by atoms with Crippen molar-refractivity contribution in [2.75, 3.05) is 0 Å². The Morgan fingerprint density at radius 3 is 1.96 bits per heavy atom. The SMILES string of the molecule is CC(C)c1ccc(S(=O)(=O)NNC(=O)C23CC4CC(CC(C4)C2)C3)cc1. The van der Waals surface area contributed by atoms with E-state index in [1.807, 2.05) is 12.1 Å². The molecule has 5 rings (SSSR count). The van der Waals surface area contributed by atoms with Crippen LogP contribution in [0.5, 0.6) is 0 Å². The number of sulfonamides is 1. The van der Waals surface area contributed by atoms with E-state index in [-0.39, 0.29) is 16.2 Å². The van der Waals surface area contributed by atoms with Crippen LogP contribution >= 0.6 is 0 Å². The van der Waals surface area contributed by atoms with Crippen molar-refractivity contribution in [3.63, 3.8) is 0 Å². The third-order valence-electron chi connectivity index (χ3n) is 6.68. The van der Waals surface area contributed by atoms with Crippen LogP contribution in [-0.4, -0.2) is 14.3 Å². The zero-order chi connectivity index (χ0) is 18.5. The first-order valence-electron chi connectivity index (χ1n) is 9.70. The lowest BCUT2D eigenvalue weighted by Crippen LogP contribution is -2.56. The van der Waals surface area contributed by atoms with Crippen LogP contribution in [0.3, 0.4) is 0 Å². The molecule has 26 heavy (non-hydrogen) atoms. The summed E-state index contributed by atoms with van der Waals surface area (Å²) in [6, 6.07) is 6.82. The Morgan fingerprint density at radius 2 is 1.50 bits per heavy atom. The molecule has 142 valence electrons. The first-order valence-corrected chi connectivity index (χ1v) is 11.2. The van der Waals surface area contributed by atoms with Crippen molar-refractivity contribution in [2.24, 2.45) is 23.2 Å². The van der Waals surface area contributed by atoms with Gasteiger partial charge in [-0.05, 0) is 79.9 Å². The fraction of sp³-hybridized carbons (Fsp3) is 0.650. The highest BCUT2D eigenvalue weighted by molar-refractivity contribution is 7.89. The van der Waals surface area contributed by atoms with Gasteiger partial charge >= 0.3 is 0 Å². The molecule has 0 unspecified atom stereocenters. The van der Waals surface area contributed by atoms with E-state index in [9.17, 15) is 13.2 Å². The lowest BCUT2D eigenvalue weighted by atomic mass is 9.49. The van der Waals surface area contributed by atoms with Crippen LogP contribution in [0.2, 0.25) is 0 Å². The van der Waals surface area contributed by atoms with Gasteiger partial charge in [0.25, 0.3) is 10.0 Å². The Hall–Kier alpha value is -1.40. The number of hydrogen-bond acceptors (Lipinski definition) is 3. The van der Waals surface area contributed by atoms with E-state index in [1.54, 1.807) is 12.1 Å². The fourth-order valence-electron chi connectivity index (χ4n) is 5.73. The maximum atomic E-state index is 12.9. The van der Waals surface area contributed by atoms with Gasteiger partial charge in [-0.1, -0.05) is 26.0 Å². The molecule has 0 aromatic heterocycles. The van der Waals surface area contributed by atoms with Gasteiger partial charge in [0.15, 0.2) is 0 Å². The molecule has 0 saturated heterocycles. The molecule has 1 amide bonds. The van der Waals surface area contributed by atoms with Gasteiger partial charge in [-0.25, -0.2) is 8.42 Å². The predicted molar refractivity (Wildman–Crippen MR) is 99.6 cm³/mol. The summed E-state index contributed by atoms with van der Waals surface area (Å²) in [7, 11) is -3.75. The molecule has 0 heterocycles. The van der Waals surface area contributed by atoms with E-state index < -0.39 is 10.0 Å². The Balaban J connectivity index is 1.44. The number of benzene rings is 1. The zero-order valence-corrected chi connectivity index (χ0v) is 16.3. The van der Waals surface area contributed by atoms with Gasteiger partial charge in [-0.2, -0.15) is 0 Å². The Kier molecular flexibility index (Phi) is 4.39. The Bertz CT molecular complexity index is 764. The minimum Gasteiger partial charge on any atom is -0.277 e. The van der Waals surface area contributed by atoms with Gasteiger partial charge in [0.1, 0.15) is 0 Å². The summed E-state index contributed by atoms with van der Waals surface area (Å²) in [4.78, 5) is 15.4. The molecule has 4 aliphatic rings. The summed E-state index contributed by atoms with van der Waals surface area (Å²) in [6.07, 6.45) is 6.49. The minimum absolute atomic E-state index is 0.140. The molecule has 4 aliphatic carbocycles. The highest BCUT2D eigenvalue weighted by atomic mass is 32.2. The number of rotatable bonds is 5. The van der Waals surface area contributed by atoms with Crippen LogP contribution in [0.15, 0.2) is 29.2 Å². The quantitative estimate of drug-likeness (QED) is 0.774. The average Bonchev–Trinajstić information content (AvgIpc) is 2.58. The molecule has 1 aromatic rings. The molecular formula is C20H28N2O3S. The van der Waals surface area contributed by atoms with Crippen molar-refractivity contribution < 1.29 is 13.2 Å². The van der Waals surface area contributed by atoms with E-state index >= 15 is 0 Å². The summed E-state index contributed by atoms with van der Waals surface area (Å²) >= 11 is 0. The Labute approximate surface area is 156 Å². The molecule has 0 radical (unpaired) electrons. The van der Waals surface area contributed by atoms with Gasteiger partial charge in [-0.3, -0.25) is 10.2 Å². The monoisotopic (exact) mass is 376 g/mol. The van der Waals surface area contributed by atoms with E-state index in [2.05, 4.69) is 24.1 Å². The molecule has 4 saturated carbocycles. The number of nitrogens with one attached hydrogen (secondary N) is 2. The van der Waals surface area contributed by atoms with E-state index in [1.165, 1.54) is 19.3 Å². The average molecular weight is 377 g/mol. The normalized spacial score (nSPS) is 32.8. The van der Waals surface area contributed by atoms with Crippen molar-refractivity contribution in [1.29, 1.82) is 0 Å². The first kappa shape index (κ1) is 18.0. The van der Waals surface area contributed by atoms with Crippen LogP contribution in [0.25, 0.3) is 0 Å². The van der Waals surface area contributed by atoms with Gasteiger partial charge < -0.3 is 0 Å². The molecule has 5 nitrogen and oxygen atoms in total. The topological polar surface area (TPSA) is 75.3 Å². The standard InChI is InChI=1S/C20H28N2O3S/c1-13(2)17-3-5-18(6-4-17)26(24,25)22-21-19(23)20-10-14-7-15(11-20)9-16(8-14)12-20/h3-6,13-16,22H,7-12H2,1-2H3,(H,21,23). The maximum Gasteiger partial charge on any atom is 0.257 e. The van der Waals surface area contributed by atoms with Crippen LogP contribution < -0.4 is 10.3 Å². The maximum absolute atomic E-state index is 12.9.